The first-order chi connectivity index (χ1) is 53.0. The molecule has 1 atom stereocenters. The maximum Gasteiger partial charge on any atom is 0.262 e. The fourth-order valence-electron chi connectivity index (χ4n) is 10.6. The number of benzene rings is 3. The number of nitrogens with zero attached hydrogens (tertiary/aromatic N) is 8. The average molecular weight is 1560 g/mol. The fraction of sp³-hybridized carbons (Fsp3) is 0.494. The van der Waals surface area contributed by atoms with E-state index in [0.717, 1.165) is 72.8 Å². The Labute approximate surface area is 641 Å². The highest BCUT2D eigenvalue weighted by molar-refractivity contribution is 9.10. The summed E-state index contributed by atoms with van der Waals surface area (Å²) in [6.07, 6.45) is 11.6. The van der Waals surface area contributed by atoms with Crippen LogP contribution in [-0.4, -0.2) is 251 Å². The third-order valence-corrected chi connectivity index (χ3v) is 16.8. The molecule has 2 amide bonds. The molecule has 0 radical (unpaired) electrons. The third-order valence-electron chi connectivity index (χ3n) is 16.3. The molecular weight excluding hydrogens is 1450 g/mol. The van der Waals surface area contributed by atoms with Crippen molar-refractivity contribution in [2.75, 3.05) is 202 Å². The Morgan fingerprint density at radius 3 is 1.74 bits per heavy atom. The Balaban J connectivity index is 0.540. The molecule has 0 bridgehead atoms. The molecule has 3 aromatic heterocycles. The molecule has 1 unspecified atom stereocenters. The van der Waals surface area contributed by atoms with Crippen LogP contribution in [0.1, 0.15) is 84.2 Å². The van der Waals surface area contributed by atoms with E-state index in [2.05, 4.69) is 66.8 Å². The number of amides is 2. The van der Waals surface area contributed by atoms with Gasteiger partial charge in [-0.2, -0.15) is 5.26 Å². The number of nitrogens with one attached hydrogen (secondary N) is 3. The van der Waals surface area contributed by atoms with Gasteiger partial charge in [-0.15, -0.1) is 0 Å². The fourth-order valence-corrected chi connectivity index (χ4v) is 10.9. The number of piperazine rings is 1. The maximum atomic E-state index is 13.3. The number of hydrogen-bond donors (Lipinski definition) is 3. The molecule has 7 rings (SSSR count). The number of nitriles is 1. The van der Waals surface area contributed by atoms with Crippen molar-refractivity contribution in [3.63, 3.8) is 0 Å². The number of anilines is 3. The normalized spacial score (nSPS) is 13.0. The third kappa shape index (κ3) is 37.1. The number of carbonyl (C=O) groups is 4. The smallest absolute Gasteiger partial charge is 0.262 e. The number of ether oxygens (including phenoxy) is 12. The molecule has 3 N–H and O–H groups in total. The summed E-state index contributed by atoms with van der Waals surface area (Å²) in [6, 6.07) is 33.3. The van der Waals surface area contributed by atoms with Crippen LogP contribution in [0, 0.1) is 18.3 Å². The molecule has 0 saturated carbocycles. The largest absolute Gasteiger partial charge is 0.488 e. The molecule has 1 aliphatic heterocycles. The second-order valence-corrected chi connectivity index (χ2v) is 25.5. The topological polar surface area (TPSA) is 319 Å². The van der Waals surface area contributed by atoms with Crippen molar-refractivity contribution in [3.8, 4) is 23.1 Å². The van der Waals surface area contributed by atoms with Gasteiger partial charge in [0, 0.05) is 99.9 Å². The lowest BCUT2D eigenvalue weighted by atomic mass is 10.0. The van der Waals surface area contributed by atoms with Gasteiger partial charge in [0.1, 0.15) is 34.4 Å². The predicted molar refractivity (Wildman–Crippen MR) is 411 cm³/mol. The lowest BCUT2D eigenvalue weighted by Crippen LogP contribution is -2.47. The van der Waals surface area contributed by atoms with Gasteiger partial charge in [0.05, 0.1) is 162 Å². The number of aromatic nitrogens is 4. The van der Waals surface area contributed by atoms with Gasteiger partial charge in [0.15, 0.2) is 12.4 Å². The van der Waals surface area contributed by atoms with Gasteiger partial charge in [-0.1, -0.05) is 54.9 Å². The van der Waals surface area contributed by atoms with E-state index in [1.807, 2.05) is 92.7 Å². The summed E-state index contributed by atoms with van der Waals surface area (Å²) in [5.41, 5.74) is 7.07. The van der Waals surface area contributed by atoms with Crippen molar-refractivity contribution in [2.45, 2.75) is 65.0 Å². The molecule has 0 aliphatic carbocycles. The highest BCUT2D eigenvalue weighted by Crippen LogP contribution is 2.26. The predicted octanol–water partition coefficient (Wildman–Crippen LogP) is 9.65. The van der Waals surface area contributed by atoms with Crippen molar-refractivity contribution in [2.24, 2.45) is 5.16 Å². The number of ketones is 2. The number of Topliss-reactive ketones (excluding diaryl/α,β-unsaturated/α-hetero) is 2. The van der Waals surface area contributed by atoms with Crippen LogP contribution in [0.5, 0.6) is 5.75 Å². The number of hydrogen-bond acceptors (Lipinski definition) is 26. The van der Waals surface area contributed by atoms with Gasteiger partial charge in [-0.05, 0) is 132 Å². The minimum Gasteiger partial charge on any atom is -0.488 e. The van der Waals surface area contributed by atoms with Gasteiger partial charge in [0.2, 0.25) is 5.95 Å². The SMILES string of the molecule is CCCC(NC(=O)/C(C#N)=C/c1cccc(Br)n1)c1ccc(OCC=NOCC(=O)CCCOCCOCCOCCOCCOCCOCCOCCOCCOCCOCCOCCCC(=O)CN2CCN(Cc3ccc(C(=O)Nc4ccc(C)c(Nc5nccc(-c6cccnc6)n5)c4)cc3)CC2)cc1. The van der Waals surface area contributed by atoms with Crippen LogP contribution in [0.25, 0.3) is 17.3 Å². The molecule has 1 saturated heterocycles. The number of aryl methyl sites for hydroxylation is 1. The standard InChI is InChI=1S/C79H104BrN11O17/c1-3-8-73(87-78(95)67(57-81)55-68-10-4-13-76(80)85-68)64-19-22-72(23-20-64)107-34-27-84-108-61-71(93)12-7-33-97-36-38-99-40-42-101-44-46-103-48-50-105-52-54-106-53-51-104-49-47-102-45-43-100-41-39-98-37-35-96-32-6-11-70(92)60-91-30-28-90(29-31-91)59-63-15-17-65(18-16-63)77(94)86-69-21-14-62(2)75(56-69)89-79-83-26-24-74(88-79)66-9-5-25-82-58-66/h4-5,9-10,13-27,55-56,58,73H,3,6-8,11-12,28-54,59-61H2,1-2H3,(H,86,94)(H,87,95)(H,83,88,89)/b67-55+,84-27?. The zero-order chi connectivity index (χ0) is 76.1. The summed E-state index contributed by atoms with van der Waals surface area (Å²) in [5.74, 6) is 0.475. The van der Waals surface area contributed by atoms with Crippen molar-refractivity contribution in [3.05, 3.63) is 160 Å². The quantitative estimate of drug-likeness (QED) is 0.00798. The van der Waals surface area contributed by atoms with E-state index < -0.39 is 5.91 Å². The van der Waals surface area contributed by atoms with E-state index in [-0.39, 0.29) is 42.3 Å². The van der Waals surface area contributed by atoms with Crippen molar-refractivity contribution < 1.29 is 80.9 Å². The Kier molecular flexibility index (Phi) is 43.6. The summed E-state index contributed by atoms with van der Waals surface area (Å²) < 4.78 is 67.6. The Bertz CT molecular complexity index is 3630. The highest BCUT2D eigenvalue weighted by atomic mass is 79.9. The van der Waals surface area contributed by atoms with Gasteiger partial charge < -0.3 is 77.6 Å². The molecule has 4 heterocycles. The van der Waals surface area contributed by atoms with Crippen LogP contribution in [0.3, 0.4) is 0 Å². The van der Waals surface area contributed by atoms with Crippen LogP contribution < -0.4 is 20.7 Å². The van der Waals surface area contributed by atoms with Gasteiger partial charge in [0.25, 0.3) is 11.8 Å². The summed E-state index contributed by atoms with van der Waals surface area (Å²) in [6.45, 7) is 18.4. The molecule has 1 aliphatic rings. The Morgan fingerprint density at radius 1 is 0.630 bits per heavy atom. The minimum absolute atomic E-state index is 0.0415. The molecule has 1 fully saturated rings. The number of carbonyl (C=O) groups excluding carboxylic acids is 4. The number of rotatable bonds is 59. The molecule has 6 aromatic rings. The molecule has 108 heavy (non-hydrogen) atoms. The molecule has 0 spiro atoms. The van der Waals surface area contributed by atoms with Crippen molar-refractivity contribution in [1.29, 1.82) is 5.26 Å². The highest BCUT2D eigenvalue weighted by Gasteiger charge is 2.21. The first kappa shape index (κ1) is 86.8. The van der Waals surface area contributed by atoms with Crippen molar-refractivity contribution in [1.82, 2.24) is 35.1 Å². The zero-order valence-corrected chi connectivity index (χ0v) is 63.7. The Morgan fingerprint density at radius 2 is 1.19 bits per heavy atom. The van der Waals surface area contributed by atoms with Crippen LogP contribution in [0.2, 0.25) is 0 Å². The summed E-state index contributed by atoms with van der Waals surface area (Å²) >= 11 is 3.30. The van der Waals surface area contributed by atoms with E-state index in [0.29, 0.717) is 217 Å². The van der Waals surface area contributed by atoms with Gasteiger partial charge in [-0.3, -0.25) is 34.0 Å². The van der Waals surface area contributed by atoms with Crippen LogP contribution in [0.4, 0.5) is 17.3 Å². The Hall–Kier alpha value is -8.42. The first-order valence-corrected chi connectivity index (χ1v) is 37.6. The molecular formula is C79H104BrN11O17. The molecule has 584 valence electrons. The number of pyridine rings is 2. The second-order valence-electron chi connectivity index (χ2n) is 24.7. The summed E-state index contributed by atoms with van der Waals surface area (Å²) in [4.78, 5) is 78.4. The van der Waals surface area contributed by atoms with E-state index in [9.17, 15) is 24.4 Å². The van der Waals surface area contributed by atoms with E-state index in [4.69, 9.17) is 61.7 Å². The van der Waals surface area contributed by atoms with Crippen LogP contribution in [-0.2, 0) is 77.9 Å². The van der Waals surface area contributed by atoms with E-state index in [1.165, 1.54) is 12.3 Å². The second kappa shape index (κ2) is 54.2. The zero-order valence-electron chi connectivity index (χ0n) is 62.1. The lowest BCUT2D eigenvalue weighted by Gasteiger charge is -2.34. The number of halogens is 1. The van der Waals surface area contributed by atoms with Crippen LogP contribution >= 0.6 is 15.9 Å². The van der Waals surface area contributed by atoms with Gasteiger partial charge in [-0.25, -0.2) is 15.0 Å². The summed E-state index contributed by atoms with van der Waals surface area (Å²) in [7, 11) is 0. The molecule has 29 heteroatoms. The maximum absolute atomic E-state index is 13.3. The van der Waals surface area contributed by atoms with Crippen LogP contribution in [0.15, 0.2) is 137 Å². The first-order valence-electron chi connectivity index (χ1n) is 36.8. The minimum atomic E-state index is -0.481. The van der Waals surface area contributed by atoms with Crippen molar-refractivity contribution >= 4 is 68.9 Å². The molecule has 28 nitrogen and oxygen atoms in total. The monoisotopic (exact) mass is 1560 g/mol. The van der Waals surface area contributed by atoms with E-state index >= 15 is 0 Å². The average Bonchev–Trinajstić information content (AvgIpc) is 0.843. The number of oxime groups is 1. The van der Waals surface area contributed by atoms with Gasteiger partial charge >= 0.3 is 0 Å². The molecule has 3 aromatic carbocycles. The van der Waals surface area contributed by atoms with E-state index in [1.54, 1.807) is 48.9 Å². The lowest BCUT2D eigenvalue weighted by molar-refractivity contribution is -0.124. The summed E-state index contributed by atoms with van der Waals surface area (Å²) in [5, 5.41) is 22.7.